The third kappa shape index (κ3) is 6.71. The molecule has 0 aliphatic carbocycles. The van der Waals surface area contributed by atoms with Gasteiger partial charge in [-0.3, -0.25) is 19.5 Å². The maximum atomic E-state index is 15.3. The van der Waals surface area contributed by atoms with E-state index in [2.05, 4.69) is 32.6 Å². The largest absolute Gasteiger partial charge is 0.442 e. The second kappa shape index (κ2) is 13.3. The Labute approximate surface area is 244 Å². The molecular formula is C28H38F2N8O4. The van der Waals surface area contributed by atoms with Crippen LogP contribution in [-0.4, -0.2) is 111 Å². The normalized spacial score (nSPS) is 19.7. The number of carbonyl (C=O) groups is 3. The highest BCUT2D eigenvalue weighted by Gasteiger charge is 2.34. The van der Waals surface area contributed by atoms with Crippen LogP contribution in [0, 0.1) is 11.6 Å². The van der Waals surface area contributed by atoms with Crippen molar-refractivity contribution in [3.8, 4) is 0 Å². The molecule has 2 aromatic rings. The van der Waals surface area contributed by atoms with Crippen molar-refractivity contribution in [1.29, 1.82) is 0 Å². The molecule has 3 amide bonds. The number of hydrogen-bond donors (Lipinski definition) is 2. The zero-order valence-electron chi connectivity index (χ0n) is 23.1. The summed E-state index contributed by atoms with van der Waals surface area (Å²) in [5.74, 6) is -1.57. The minimum absolute atomic E-state index is 0. The summed E-state index contributed by atoms with van der Waals surface area (Å²) in [6, 6.07) is 5.66. The Balaban J connectivity index is 0.00000405. The Morgan fingerprint density at radius 1 is 1.07 bits per heavy atom. The topological polar surface area (TPSA) is 114 Å². The molecule has 3 aliphatic rings. The lowest BCUT2D eigenvalue weighted by atomic mass is 10.2. The van der Waals surface area contributed by atoms with Crippen LogP contribution in [0.1, 0.15) is 24.7 Å². The summed E-state index contributed by atoms with van der Waals surface area (Å²) in [7, 11) is 2.06. The van der Waals surface area contributed by atoms with Gasteiger partial charge < -0.3 is 24.8 Å². The summed E-state index contributed by atoms with van der Waals surface area (Å²) in [6.07, 6.45) is 0.294. The highest BCUT2D eigenvalue weighted by molar-refractivity contribution is 5.98. The number of piperazine rings is 1. The number of nitrogens with zero attached hydrogens (tertiary/aromatic N) is 6. The number of nitrogens with one attached hydrogen (secondary N) is 2. The van der Waals surface area contributed by atoms with Gasteiger partial charge in [-0.15, -0.1) is 0 Å². The van der Waals surface area contributed by atoms with E-state index in [1.807, 2.05) is 0 Å². The first-order valence-electron chi connectivity index (χ1n) is 13.6. The van der Waals surface area contributed by atoms with Crippen LogP contribution in [-0.2, 0) is 9.53 Å². The average molecular weight is 589 g/mol. The van der Waals surface area contributed by atoms with Crippen molar-refractivity contribution in [2.45, 2.75) is 20.5 Å². The van der Waals surface area contributed by atoms with Crippen LogP contribution in [0.25, 0.3) is 0 Å². The van der Waals surface area contributed by atoms with Crippen molar-refractivity contribution in [2.75, 3.05) is 87.2 Å². The average Bonchev–Trinajstić information content (AvgIpc) is 3.16. The van der Waals surface area contributed by atoms with Gasteiger partial charge in [0.25, 0.3) is 5.91 Å². The first-order chi connectivity index (χ1) is 19.7. The molecule has 3 saturated heterocycles. The highest BCUT2D eigenvalue weighted by atomic mass is 19.1. The molecule has 4 heterocycles. The van der Waals surface area contributed by atoms with Gasteiger partial charge in [0.2, 0.25) is 5.91 Å². The summed E-state index contributed by atoms with van der Waals surface area (Å²) in [4.78, 5) is 48.5. The Kier molecular flexibility index (Phi) is 9.78. The molecule has 12 nitrogen and oxygen atoms in total. The Morgan fingerprint density at radius 3 is 2.45 bits per heavy atom. The van der Waals surface area contributed by atoms with Gasteiger partial charge in [0.05, 0.1) is 30.9 Å². The third-order valence-electron chi connectivity index (χ3n) is 7.43. The molecule has 3 fully saturated rings. The molecule has 5 rings (SSSR count). The SMILES string of the molecule is C.CC(=O)NC[C@H]1CN(c2cc(F)c(N3CCNN(C(=O)c4cccnc4N4CCN(C)CC4)CC3)c(F)c2)C(=O)O1. The minimum Gasteiger partial charge on any atom is -0.442 e. The number of amides is 3. The van der Waals surface area contributed by atoms with Crippen molar-refractivity contribution in [3.63, 3.8) is 0 Å². The second-order valence-corrected chi connectivity index (χ2v) is 10.3. The molecule has 0 spiro atoms. The van der Waals surface area contributed by atoms with E-state index in [0.29, 0.717) is 11.4 Å². The third-order valence-corrected chi connectivity index (χ3v) is 7.43. The summed E-state index contributed by atoms with van der Waals surface area (Å²) in [5.41, 5.74) is 3.35. The van der Waals surface area contributed by atoms with E-state index in [0.717, 1.165) is 43.2 Å². The molecule has 1 atom stereocenters. The molecule has 228 valence electrons. The molecule has 0 radical (unpaired) electrons. The maximum Gasteiger partial charge on any atom is 0.414 e. The number of cyclic esters (lactones) is 1. The van der Waals surface area contributed by atoms with Crippen LogP contribution in [0.3, 0.4) is 0 Å². The van der Waals surface area contributed by atoms with Crippen LogP contribution < -0.4 is 25.4 Å². The van der Waals surface area contributed by atoms with E-state index >= 15 is 8.78 Å². The van der Waals surface area contributed by atoms with E-state index in [9.17, 15) is 14.4 Å². The fourth-order valence-electron chi connectivity index (χ4n) is 5.21. The number of benzene rings is 1. The van der Waals surface area contributed by atoms with Crippen molar-refractivity contribution in [2.24, 2.45) is 0 Å². The number of likely N-dealkylation sites (N-methyl/N-ethyl adjacent to an activating group) is 1. The molecule has 14 heteroatoms. The lowest BCUT2D eigenvalue weighted by Crippen LogP contribution is -2.47. The monoisotopic (exact) mass is 588 g/mol. The molecule has 0 unspecified atom stereocenters. The van der Waals surface area contributed by atoms with Gasteiger partial charge >= 0.3 is 6.09 Å². The molecule has 0 bridgehead atoms. The first kappa shape index (κ1) is 30.9. The van der Waals surface area contributed by atoms with Gasteiger partial charge in [0.1, 0.15) is 17.6 Å². The van der Waals surface area contributed by atoms with E-state index in [1.165, 1.54) is 11.9 Å². The lowest BCUT2D eigenvalue weighted by molar-refractivity contribution is -0.119. The maximum absolute atomic E-state index is 15.3. The summed E-state index contributed by atoms with van der Waals surface area (Å²) >= 11 is 0. The first-order valence-corrected chi connectivity index (χ1v) is 13.6. The van der Waals surface area contributed by atoms with Crippen molar-refractivity contribution in [3.05, 3.63) is 47.7 Å². The minimum atomic E-state index is -0.831. The fourth-order valence-corrected chi connectivity index (χ4v) is 5.21. The Hall–Kier alpha value is -4.04. The number of ether oxygens (including phenoxy) is 1. The van der Waals surface area contributed by atoms with Crippen LogP contribution in [0.4, 0.5) is 30.8 Å². The van der Waals surface area contributed by atoms with Crippen LogP contribution >= 0.6 is 0 Å². The Morgan fingerprint density at radius 2 is 1.76 bits per heavy atom. The van der Waals surface area contributed by atoms with Gasteiger partial charge in [0, 0.05) is 71.1 Å². The highest BCUT2D eigenvalue weighted by Crippen LogP contribution is 2.31. The second-order valence-electron chi connectivity index (χ2n) is 10.3. The lowest BCUT2D eigenvalue weighted by Gasteiger charge is -2.34. The number of hydrazine groups is 1. The van der Waals surface area contributed by atoms with Gasteiger partial charge in [-0.2, -0.15) is 0 Å². The van der Waals surface area contributed by atoms with Crippen LogP contribution in [0.2, 0.25) is 0 Å². The molecule has 2 N–H and O–H groups in total. The van der Waals surface area contributed by atoms with E-state index < -0.39 is 23.8 Å². The van der Waals surface area contributed by atoms with Crippen LogP contribution in [0.5, 0.6) is 0 Å². The number of hydrogen-bond acceptors (Lipinski definition) is 9. The zero-order valence-corrected chi connectivity index (χ0v) is 23.1. The summed E-state index contributed by atoms with van der Waals surface area (Å²) < 4.78 is 35.9. The Bertz CT molecular complexity index is 1280. The zero-order chi connectivity index (χ0) is 29.1. The number of carbonyl (C=O) groups excluding carboxylic acids is 3. The van der Waals surface area contributed by atoms with Crippen LogP contribution in [0.15, 0.2) is 30.5 Å². The van der Waals surface area contributed by atoms with E-state index in [1.54, 1.807) is 23.2 Å². The predicted molar refractivity (Wildman–Crippen MR) is 155 cm³/mol. The standard InChI is InChI=1S/C27H34F2N8O4.CH4/c1-18(38)31-16-20-17-36(27(40)41-20)19-14-22(28)24(23(29)15-19)34-7-6-32-37(13-12-34)26(39)21-4-3-5-30-25(21)35-10-8-33(2)9-11-35;/h3-5,14-15,20,32H,6-13,16-17H2,1-2H3,(H,31,38);1H4/t20-;/m0./s1. The summed E-state index contributed by atoms with van der Waals surface area (Å²) in [6.45, 7) is 5.64. The fraction of sp³-hybridized carbons (Fsp3) is 0.500. The molecule has 1 aromatic carbocycles. The van der Waals surface area contributed by atoms with Crippen molar-refractivity contribution < 1.29 is 27.9 Å². The smallest absolute Gasteiger partial charge is 0.414 e. The van der Waals surface area contributed by atoms with Crippen molar-refractivity contribution >= 4 is 35.1 Å². The molecule has 3 aliphatic heterocycles. The predicted octanol–water partition coefficient (Wildman–Crippen LogP) is 1.68. The van der Waals surface area contributed by atoms with Gasteiger partial charge in [-0.1, -0.05) is 7.43 Å². The number of halogens is 2. The quantitative estimate of drug-likeness (QED) is 0.521. The van der Waals surface area contributed by atoms with Gasteiger partial charge in [-0.05, 0) is 19.2 Å². The summed E-state index contributed by atoms with van der Waals surface area (Å²) in [5, 5.41) is 4.03. The van der Waals surface area contributed by atoms with Crippen molar-refractivity contribution in [1.82, 2.24) is 25.6 Å². The molecule has 42 heavy (non-hydrogen) atoms. The molecular weight excluding hydrogens is 550 g/mol. The van der Waals surface area contributed by atoms with Gasteiger partial charge in [0.15, 0.2) is 11.6 Å². The number of rotatable bonds is 6. The van der Waals surface area contributed by atoms with E-state index in [-0.39, 0.29) is 69.9 Å². The number of aromatic nitrogens is 1. The molecule has 0 saturated carbocycles. The number of anilines is 3. The molecule has 1 aromatic heterocycles. The van der Waals surface area contributed by atoms with Gasteiger partial charge in [-0.25, -0.2) is 24.0 Å². The number of pyridine rings is 1. The van der Waals surface area contributed by atoms with E-state index in [4.69, 9.17) is 4.74 Å².